The van der Waals surface area contributed by atoms with E-state index in [1.165, 1.54) is 12.8 Å². The van der Waals surface area contributed by atoms with Crippen molar-refractivity contribution < 1.29 is 14.3 Å². The van der Waals surface area contributed by atoms with E-state index in [2.05, 4.69) is 15.2 Å². The molecule has 1 aliphatic heterocycles. The predicted octanol–water partition coefficient (Wildman–Crippen LogP) is 4.07. The summed E-state index contributed by atoms with van der Waals surface area (Å²) in [5.41, 5.74) is 1.49. The normalized spacial score (nSPS) is 21.9. The van der Waals surface area contributed by atoms with Gasteiger partial charge in [0, 0.05) is 44.8 Å². The lowest BCUT2D eigenvalue weighted by Crippen LogP contribution is -2.46. The summed E-state index contributed by atoms with van der Waals surface area (Å²) >= 11 is 0. The van der Waals surface area contributed by atoms with Gasteiger partial charge in [-0.2, -0.15) is 0 Å². The summed E-state index contributed by atoms with van der Waals surface area (Å²) in [5.74, 6) is 1.03. The van der Waals surface area contributed by atoms with E-state index in [0.29, 0.717) is 30.5 Å². The SMILES string of the molecule is CCOC1CCCCC1C(=O)N1CCC(CCCCNC(=O)c2ccc3nccn3c2)CC1. The molecule has 2 fully saturated rings. The van der Waals surface area contributed by atoms with Crippen LogP contribution in [0.1, 0.15) is 75.1 Å². The first-order valence-corrected chi connectivity index (χ1v) is 12.8. The van der Waals surface area contributed by atoms with E-state index in [1.807, 2.05) is 35.9 Å². The van der Waals surface area contributed by atoms with Gasteiger partial charge in [0.05, 0.1) is 17.6 Å². The topological polar surface area (TPSA) is 75.9 Å². The average molecular weight is 455 g/mol. The Morgan fingerprint density at radius 3 is 2.76 bits per heavy atom. The van der Waals surface area contributed by atoms with Crippen LogP contribution in [-0.2, 0) is 9.53 Å². The maximum Gasteiger partial charge on any atom is 0.252 e. The summed E-state index contributed by atoms with van der Waals surface area (Å²) in [4.78, 5) is 31.8. The minimum absolute atomic E-state index is 0.0366. The molecule has 2 aromatic heterocycles. The van der Waals surface area contributed by atoms with Gasteiger partial charge >= 0.3 is 0 Å². The summed E-state index contributed by atoms with van der Waals surface area (Å²) in [7, 11) is 0. The fourth-order valence-electron chi connectivity index (χ4n) is 5.39. The molecule has 7 nitrogen and oxygen atoms in total. The Morgan fingerprint density at radius 2 is 1.94 bits per heavy atom. The van der Waals surface area contributed by atoms with Crippen LogP contribution in [0.2, 0.25) is 0 Å². The van der Waals surface area contributed by atoms with Crippen LogP contribution >= 0.6 is 0 Å². The van der Waals surface area contributed by atoms with Crippen molar-refractivity contribution in [3.8, 4) is 0 Å². The number of fused-ring (bicyclic) bond motifs is 1. The van der Waals surface area contributed by atoms with Gasteiger partial charge in [-0.15, -0.1) is 0 Å². The molecule has 1 saturated carbocycles. The van der Waals surface area contributed by atoms with Gasteiger partial charge < -0.3 is 19.4 Å². The zero-order valence-corrected chi connectivity index (χ0v) is 19.9. The van der Waals surface area contributed by atoms with Gasteiger partial charge in [-0.25, -0.2) is 4.98 Å². The number of hydrogen-bond donors (Lipinski definition) is 1. The van der Waals surface area contributed by atoms with Crippen molar-refractivity contribution in [3.05, 3.63) is 36.3 Å². The first kappa shape index (κ1) is 23.7. The lowest BCUT2D eigenvalue weighted by Gasteiger charge is -2.38. The molecule has 1 N–H and O–H groups in total. The van der Waals surface area contributed by atoms with E-state index in [-0.39, 0.29) is 17.9 Å². The quantitative estimate of drug-likeness (QED) is 0.580. The lowest BCUT2D eigenvalue weighted by molar-refractivity contribution is -0.144. The van der Waals surface area contributed by atoms with Crippen LogP contribution in [0.5, 0.6) is 0 Å². The molecule has 33 heavy (non-hydrogen) atoms. The highest BCUT2D eigenvalue weighted by atomic mass is 16.5. The van der Waals surface area contributed by atoms with Crippen LogP contribution < -0.4 is 5.32 Å². The summed E-state index contributed by atoms with van der Waals surface area (Å²) in [6.45, 7) is 5.17. The van der Waals surface area contributed by atoms with E-state index in [9.17, 15) is 9.59 Å². The van der Waals surface area contributed by atoms with Gasteiger partial charge in [0.2, 0.25) is 5.91 Å². The molecule has 0 spiro atoms. The second-order valence-corrected chi connectivity index (χ2v) is 9.52. The number of pyridine rings is 1. The average Bonchev–Trinajstić information content (AvgIpc) is 3.32. The molecule has 2 unspecified atom stereocenters. The van der Waals surface area contributed by atoms with Crippen LogP contribution in [-0.4, -0.2) is 58.4 Å². The molecule has 4 rings (SSSR count). The van der Waals surface area contributed by atoms with Crippen LogP contribution in [0, 0.1) is 11.8 Å². The second kappa shape index (κ2) is 11.6. The Hall–Kier alpha value is -2.41. The molecule has 2 aromatic rings. The van der Waals surface area contributed by atoms with E-state index in [4.69, 9.17) is 4.74 Å². The summed E-state index contributed by atoms with van der Waals surface area (Å²) in [6, 6.07) is 3.67. The van der Waals surface area contributed by atoms with Crippen LogP contribution in [0.3, 0.4) is 0 Å². The third-order valence-electron chi connectivity index (χ3n) is 7.30. The van der Waals surface area contributed by atoms with E-state index >= 15 is 0 Å². The van der Waals surface area contributed by atoms with Gasteiger partial charge in [0.25, 0.3) is 5.91 Å². The van der Waals surface area contributed by atoms with Crippen molar-refractivity contribution in [2.45, 2.75) is 70.8 Å². The Balaban J connectivity index is 1.12. The minimum Gasteiger partial charge on any atom is -0.378 e. The van der Waals surface area contributed by atoms with E-state index in [0.717, 1.165) is 63.7 Å². The highest BCUT2D eigenvalue weighted by Gasteiger charge is 2.35. The summed E-state index contributed by atoms with van der Waals surface area (Å²) in [6.07, 6.45) is 15.3. The number of aromatic nitrogens is 2. The molecule has 180 valence electrons. The fraction of sp³-hybridized carbons (Fsp3) is 0.654. The van der Waals surface area contributed by atoms with Crippen LogP contribution in [0.15, 0.2) is 30.7 Å². The molecule has 2 aliphatic rings. The van der Waals surface area contributed by atoms with Crippen molar-refractivity contribution in [2.75, 3.05) is 26.2 Å². The summed E-state index contributed by atoms with van der Waals surface area (Å²) < 4.78 is 7.74. The lowest BCUT2D eigenvalue weighted by atomic mass is 9.84. The number of carbonyl (C=O) groups is 2. The molecule has 7 heteroatoms. The number of hydrogen-bond acceptors (Lipinski definition) is 4. The smallest absolute Gasteiger partial charge is 0.252 e. The molecule has 1 saturated heterocycles. The van der Waals surface area contributed by atoms with Gasteiger partial charge in [-0.05, 0) is 57.1 Å². The Bertz CT molecular complexity index is 917. The third-order valence-corrected chi connectivity index (χ3v) is 7.30. The van der Waals surface area contributed by atoms with Crippen LogP contribution in [0.25, 0.3) is 5.65 Å². The number of amides is 2. The van der Waals surface area contributed by atoms with E-state index < -0.39 is 0 Å². The first-order chi connectivity index (χ1) is 16.2. The molecule has 2 amide bonds. The van der Waals surface area contributed by atoms with Crippen molar-refractivity contribution in [3.63, 3.8) is 0 Å². The number of rotatable bonds is 9. The van der Waals surface area contributed by atoms with Gasteiger partial charge in [0.15, 0.2) is 0 Å². The van der Waals surface area contributed by atoms with Crippen molar-refractivity contribution in [1.82, 2.24) is 19.6 Å². The van der Waals surface area contributed by atoms with Crippen molar-refractivity contribution >= 4 is 17.5 Å². The van der Waals surface area contributed by atoms with E-state index in [1.54, 1.807) is 6.20 Å². The van der Waals surface area contributed by atoms with Gasteiger partial charge in [-0.1, -0.05) is 25.7 Å². The number of nitrogens with one attached hydrogen (secondary N) is 1. The molecule has 0 aromatic carbocycles. The van der Waals surface area contributed by atoms with Gasteiger partial charge in [-0.3, -0.25) is 9.59 Å². The van der Waals surface area contributed by atoms with Crippen molar-refractivity contribution in [2.24, 2.45) is 11.8 Å². The van der Waals surface area contributed by atoms with Crippen LogP contribution in [0.4, 0.5) is 0 Å². The fourth-order valence-corrected chi connectivity index (χ4v) is 5.39. The maximum atomic E-state index is 13.1. The first-order valence-electron chi connectivity index (χ1n) is 12.8. The standard InChI is InChI=1S/C26H38N4O3/c1-2-33-23-9-4-3-8-22(23)26(32)29-16-12-20(13-17-29)7-5-6-14-28-25(31)21-10-11-24-27-15-18-30(24)19-21/h10-11,15,18-20,22-23H,2-9,12-14,16-17H2,1H3,(H,28,31). The van der Waals surface area contributed by atoms with Crippen molar-refractivity contribution in [1.29, 1.82) is 0 Å². The molecular weight excluding hydrogens is 416 g/mol. The zero-order valence-electron chi connectivity index (χ0n) is 19.9. The monoisotopic (exact) mass is 454 g/mol. The maximum absolute atomic E-state index is 13.1. The second-order valence-electron chi connectivity index (χ2n) is 9.52. The molecule has 0 bridgehead atoms. The number of carbonyl (C=O) groups excluding carboxylic acids is 2. The Labute approximate surface area is 196 Å². The highest BCUT2D eigenvalue weighted by molar-refractivity contribution is 5.94. The number of imidazole rings is 1. The number of unbranched alkanes of at least 4 members (excludes halogenated alkanes) is 1. The summed E-state index contributed by atoms with van der Waals surface area (Å²) in [5, 5.41) is 3.03. The number of ether oxygens (including phenoxy) is 1. The number of nitrogens with zero attached hydrogens (tertiary/aromatic N) is 3. The largest absolute Gasteiger partial charge is 0.378 e. The molecule has 0 radical (unpaired) electrons. The highest BCUT2D eigenvalue weighted by Crippen LogP contribution is 2.31. The minimum atomic E-state index is -0.0366. The molecule has 2 atom stereocenters. The predicted molar refractivity (Wildman–Crippen MR) is 128 cm³/mol. The third kappa shape index (κ3) is 6.14. The number of piperidine rings is 1. The molecule has 3 heterocycles. The molecular formula is C26H38N4O3. The Kier molecular flexibility index (Phi) is 8.37. The zero-order chi connectivity index (χ0) is 23.0. The van der Waals surface area contributed by atoms with Gasteiger partial charge in [0.1, 0.15) is 5.65 Å². The number of likely N-dealkylation sites (tertiary alicyclic amines) is 1. The molecule has 1 aliphatic carbocycles. The Morgan fingerprint density at radius 1 is 1.12 bits per heavy atom.